The maximum atomic E-state index is 12.6. The molecule has 0 atom stereocenters. The molecule has 0 saturated carbocycles. The molecule has 1 aliphatic rings. The molecule has 0 fully saturated rings. The number of nitrogens with one attached hydrogen (secondary N) is 1. The average molecular weight is 373 g/mol. The minimum Gasteiger partial charge on any atom is -0.487 e. The van der Waals surface area contributed by atoms with Gasteiger partial charge in [-0.15, -0.1) is 0 Å². The Bertz CT molecular complexity index is 1190. The summed E-state index contributed by atoms with van der Waals surface area (Å²) < 4.78 is 13.0. The van der Waals surface area contributed by atoms with Gasteiger partial charge in [-0.25, -0.2) is 0 Å². The number of nitrogens with zero attached hydrogens (tertiary/aromatic N) is 2. The van der Waals surface area contributed by atoms with Crippen molar-refractivity contribution in [1.29, 1.82) is 0 Å². The molecule has 6 nitrogen and oxygen atoms in total. The lowest BCUT2D eigenvalue weighted by Gasteiger charge is -2.10. The first-order chi connectivity index (χ1) is 13.8. The standard InChI is InChI=1S/C22H19N3O3/c26-22-11-17(27-14-15-4-2-1-3-5-15)12-24-25(22)16-6-7-18-19-13-23-9-8-20(19)28-21(18)10-16/h1-7,10-12,23H,8-9,13-14H2. The number of hydrogen-bond acceptors (Lipinski definition) is 5. The molecule has 140 valence electrons. The van der Waals surface area contributed by atoms with Crippen LogP contribution in [-0.2, 0) is 19.6 Å². The van der Waals surface area contributed by atoms with Crippen LogP contribution in [0.2, 0.25) is 0 Å². The topological polar surface area (TPSA) is 69.3 Å². The number of benzene rings is 2. The number of hydrogen-bond donors (Lipinski definition) is 1. The van der Waals surface area contributed by atoms with Crippen molar-refractivity contribution in [3.8, 4) is 11.4 Å². The van der Waals surface area contributed by atoms with Crippen LogP contribution in [0.15, 0.2) is 70.0 Å². The van der Waals surface area contributed by atoms with Gasteiger partial charge >= 0.3 is 0 Å². The van der Waals surface area contributed by atoms with Gasteiger partial charge in [0.1, 0.15) is 23.7 Å². The van der Waals surface area contributed by atoms with Gasteiger partial charge in [0, 0.05) is 42.6 Å². The van der Waals surface area contributed by atoms with Gasteiger partial charge in [-0.3, -0.25) is 4.79 Å². The molecule has 0 amide bonds. The van der Waals surface area contributed by atoms with E-state index in [1.807, 2.05) is 48.5 Å². The smallest absolute Gasteiger partial charge is 0.275 e. The van der Waals surface area contributed by atoms with Crippen LogP contribution in [-0.4, -0.2) is 16.3 Å². The summed E-state index contributed by atoms with van der Waals surface area (Å²) in [7, 11) is 0. The number of furan rings is 1. The molecule has 1 N–H and O–H groups in total. The summed E-state index contributed by atoms with van der Waals surface area (Å²) in [6.07, 6.45) is 2.44. The minimum atomic E-state index is -0.247. The lowest BCUT2D eigenvalue weighted by Crippen LogP contribution is -2.22. The van der Waals surface area contributed by atoms with Gasteiger partial charge in [0.05, 0.1) is 11.9 Å². The van der Waals surface area contributed by atoms with Crippen LogP contribution >= 0.6 is 0 Å². The number of rotatable bonds is 4. The van der Waals surface area contributed by atoms with Gasteiger partial charge in [0.15, 0.2) is 0 Å². The Kier molecular flexibility index (Phi) is 4.18. The van der Waals surface area contributed by atoms with Crippen LogP contribution < -0.4 is 15.6 Å². The van der Waals surface area contributed by atoms with Gasteiger partial charge in [0.2, 0.25) is 0 Å². The summed E-state index contributed by atoms with van der Waals surface area (Å²) in [6, 6.07) is 17.0. The fourth-order valence-corrected chi connectivity index (χ4v) is 3.54. The van der Waals surface area contributed by atoms with Gasteiger partial charge in [0.25, 0.3) is 5.56 Å². The SMILES string of the molecule is O=c1cc(OCc2ccccc2)cnn1-c1ccc2c3c(oc2c1)CCNC3. The first-order valence-electron chi connectivity index (χ1n) is 9.29. The van der Waals surface area contributed by atoms with E-state index in [9.17, 15) is 4.79 Å². The summed E-state index contributed by atoms with van der Waals surface area (Å²) in [6.45, 7) is 2.13. The van der Waals surface area contributed by atoms with E-state index < -0.39 is 0 Å². The van der Waals surface area contributed by atoms with Crippen molar-refractivity contribution in [3.05, 3.63) is 88.0 Å². The Morgan fingerprint density at radius 3 is 2.89 bits per heavy atom. The van der Waals surface area contributed by atoms with E-state index in [0.29, 0.717) is 18.0 Å². The zero-order valence-corrected chi connectivity index (χ0v) is 15.2. The summed E-state index contributed by atoms with van der Waals surface area (Å²) in [5.41, 5.74) is 3.45. The van der Waals surface area contributed by atoms with Crippen LogP contribution in [0.4, 0.5) is 0 Å². The predicted octanol–water partition coefficient (Wildman–Crippen LogP) is 3.20. The van der Waals surface area contributed by atoms with E-state index in [2.05, 4.69) is 10.4 Å². The number of aromatic nitrogens is 2. The average Bonchev–Trinajstić information content (AvgIpc) is 3.11. The van der Waals surface area contributed by atoms with Gasteiger partial charge in [-0.1, -0.05) is 30.3 Å². The molecule has 0 radical (unpaired) electrons. The maximum absolute atomic E-state index is 12.6. The van der Waals surface area contributed by atoms with E-state index >= 15 is 0 Å². The van der Waals surface area contributed by atoms with Gasteiger partial charge in [-0.2, -0.15) is 9.78 Å². The molecule has 0 saturated heterocycles. The van der Waals surface area contributed by atoms with E-state index in [-0.39, 0.29) is 5.56 Å². The highest BCUT2D eigenvalue weighted by atomic mass is 16.5. The fraction of sp³-hybridized carbons (Fsp3) is 0.182. The first-order valence-corrected chi connectivity index (χ1v) is 9.29. The summed E-state index contributed by atoms with van der Waals surface area (Å²) in [4.78, 5) is 12.6. The molecule has 0 aliphatic carbocycles. The monoisotopic (exact) mass is 373 g/mol. The third-order valence-corrected chi connectivity index (χ3v) is 4.96. The first kappa shape index (κ1) is 16.8. The molecular weight excluding hydrogens is 354 g/mol. The van der Waals surface area contributed by atoms with Gasteiger partial charge < -0.3 is 14.5 Å². The number of ether oxygens (including phenoxy) is 1. The third-order valence-electron chi connectivity index (χ3n) is 4.96. The quantitative estimate of drug-likeness (QED) is 0.595. The van der Waals surface area contributed by atoms with Crippen LogP contribution in [0, 0.1) is 0 Å². The van der Waals surface area contributed by atoms with Crippen molar-refractivity contribution in [1.82, 2.24) is 15.1 Å². The zero-order valence-electron chi connectivity index (χ0n) is 15.2. The Hall–Kier alpha value is -3.38. The molecule has 2 aromatic carbocycles. The molecule has 5 rings (SSSR count). The summed E-state index contributed by atoms with van der Waals surface area (Å²) >= 11 is 0. The van der Waals surface area contributed by atoms with Crippen molar-refractivity contribution in [2.75, 3.05) is 6.54 Å². The molecular formula is C22H19N3O3. The molecule has 0 bridgehead atoms. The highest BCUT2D eigenvalue weighted by Gasteiger charge is 2.18. The van der Waals surface area contributed by atoms with Crippen LogP contribution in [0.1, 0.15) is 16.9 Å². The fourth-order valence-electron chi connectivity index (χ4n) is 3.54. The van der Waals surface area contributed by atoms with Crippen molar-refractivity contribution >= 4 is 11.0 Å². The predicted molar refractivity (Wildman–Crippen MR) is 106 cm³/mol. The summed E-state index contributed by atoms with van der Waals surface area (Å²) in [5, 5.41) is 8.72. The Balaban J connectivity index is 1.42. The minimum absolute atomic E-state index is 0.247. The second-order valence-electron chi connectivity index (χ2n) is 6.83. The third kappa shape index (κ3) is 3.08. The Labute approximate surface area is 161 Å². The molecule has 2 aromatic heterocycles. The lowest BCUT2D eigenvalue weighted by molar-refractivity contribution is 0.303. The highest BCUT2D eigenvalue weighted by Crippen LogP contribution is 2.29. The van der Waals surface area contributed by atoms with Crippen molar-refractivity contribution in [2.24, 2.45) is 0 Å². The Morgan fingerprint density at radius 1 is 1.14 bits per heavy atom. The molecule has 3 heterocycles. The maximum Gasteiger partial charge on any atom is 0.275 e. The second kappa shape index (κ2) is 6.98. The number of fused-ring (bicyclic) bond motifs is 3. The lowest BCUT2D eigenvalue weighted by atomic mass is 10.1. The van der Waals surface area contributed by atoms with Crippen molar-refractivity contribution in [3.63, 3.8) is 0 Å². The van der Waals surface area contributed by atoms with Crippen LogP contribution in [0.25, 0.3) is 16.7 Å². The van der Waals surface area contributed by atoms with Crippen molar-refractivity contribution < 1.29 is 9.15 Å². The zero-order chi connectivity index (χ0) is 18.9. The van der Waals surface area contributed by atoms with E-state index in [0.717, 1.165) is 41.8 Å². The second-order valence-corrected chi connectivity index (χ2v) is 6.83. The van der Waals surface area contributed by atoms with E-state index in [4.69, 9.17) is 9.15 Å². The molecule has 1 aliphatic heterocycles. The molecule has 28 heavy (non-hydrogen) atoms. The molecule has 6 heteroatoms. The Morgan fingerprint density at radius 2 is 2.04 bits per heavy atom. The molecule has 0 unspecified atom stereocenters. The normalized spacial score (nSPS) is 13.4. The van der Waals surface area contributed by atoms with Crippen LogP contribution in [0.3, 0.4) is 0 Å². The highest BCUT2D eigenvalue weighted by molar-refractivity contribution is 5.84. The van der Waals surface area contributed by atoms with E-state index in [1.54, 1.807) is 6.20 Å². The summed E-state index contributed by atoms with van der Waals surface area (Å²) in [5.74, 6) is 1.47. The van der Waals surface area contributed by atoms with Crippen LogP contribution in [0.5, 0.6) is 5.75 Å². The van der Waals surface area contributed by atoms with E-state index in [1.165, 1.54) is 16.3 Å². The molecule has 0 spiro atoms. The van der Waals surface area contributed by atoms with Gasteiger partial charge in [-0.05, 0) is 17.7 Å². The van der Waals surface area contributed by atoms with Crippen molar-refractivity contribution in [2.45, 2.75) is 19.6 Å². The molecule has 4 aromatic rings. The largest absolute Gasteiger partial charge is 0.487 e.